The first-order valence-electron chi connectivity index (χ1n) is 3.13. The van der Waals surface area contributed by atoms with Crippen molar-refractivity contribution >= 4 is 27.8 Å². The van der Waals surface area contributed by atoms with Crippen molar-refractivity contribution in [2.24, 2.45) is 4.99 Å². The van der Waals surface area contributed by atoms with Gasteiger partial charge in [-0.15, -0.1) is 0 Å². The van der Waals surface area contributed by atoms with Gasteiger partial charge < -0.3 is 4.90 Å². The molecular formula is C6H12Cl2N2. The van der Waals surface area contributed by atoms with Gasteiger partial charge in [0.1, 0.15) is 0 Å². The van der Waals surface area contributed by atoms with Crippen molar-refractivity contribution < 1.29 is 0 Å². The quantitative estimate of drug-likeness (QED) is 0.479. The normalized spacial score (nSPS) is 10.1. The van der Waals surface area contributed by atoms with Crippen LogP contribution < -0.4 is 0 Å². The van der Waals surface area contributed by atoms with Crippen molar-refractivity contribution in [3.8, 4) is 0 Å². The van der Waals surface area contributed by atoms with Crippen LogP contribution in [0.2, 0.25) is 0 Å². The van der Waals surface area contributed by atoms with E-state index in [9.17, 15) is 0 Å². The third kappa shape index (κ3) is 8.21. The van der Waals surface area contributed by atoms with Crippen molar-refractivity contribution in [3.63, 3.8) is 0 Å². The van der Waals surface area contributed by atoms with Gasteiger partial charge in [0.25, 0.3) is 0 Å². The van der Waals surface area contributed by atoms with Gasteiger partial charge >= 0.3 is 0 Å². The molecule has 60 valence electrons. The van der Waals surface area contributed by atoms with Crippen LogP contribution in [0, 0.1) is 0 Å². The van der Waals surface area contributed by atoms with Gasteiger partial charge in [0.2, 0.25) is 0 Å². The Balaban J connectivity index is 3.13. The van der Waals surface area contributed by atoms with Gasteiger partial charge in [-0.1, -0.05) is 0 Å². The van der Waals surface area contributed by atoms with Crippen LogP contribution in [0.3, 0.4) is 0 Å². The van der Waals surface area contributed by atoms with E-state index in [1.165, 1.54) is 0 Å². The average Bonchev–Trinajstić information content (AvgIpc) is 1.79. The fourth-order valence-electron chi connectivity index (χ4n) is 0.551. The topological polar surface area (TPSA) is 15.6 Å². The van der Waals surface area contributed by atoms with E-state index in [0.29, 0.717) is 6.54 Å². The molecule has 0 aromatic heterocycles. The first kappa shape index (κ1) is 10.2. The van der Waals surface area contributed by atoms with Crippen molar-refractivity contribution in [2.75, 3.05) is 27.2 Å². The first-order chi connectivity index (χ1) is 4.63. The minimum Gasteiger partial charge on any atom is -0.309 e. The lowest BCUT2D eigenvalue weighted by molar-refractivity contribution is 0.403. The number of rotatable bonds is 4. The van der Waals surface area contributed by atoms with Gasteiger partial charge in [0.15, 0.2) is 4.63 Å². The van der Waals surface area contributed by atoms with Gasteiger partial charge in [0, 0.05) is 6.54 Å². The van der Waals surface area contributed by atoms with E-state index in [1.54, 1.807) is 0 Å². The maximum Gasteiger partial charge on any atom is 0.191 e. The summed E-state index contributed by atoms with van der Waals surface area (Å²) in [7, 11) is 4.04. The Hall–Kier alpha value is 0.210. The zero-order valence-electron chi connectivity index (χ0n) is 6.27. The lowest BCUT2D eigenvalue weighted by Crippen LogP contribution is -2.13. The standard InChI is InChI=1S/C6H12Cl2N2/c1-10(2)5-3-4-9-6(7)8/h3-5H2,1-2H3. The van der Waals surface area contributed by atoms with E-state index in [0.717, 1.165) is 13.0 Å². The Bertz CT molecular complexity index is 108. The summed E-state index contributed by atoms with van der Waals surface area (Å²) >= 11 is 10.6. The monoisotopic (exact) mass is 182 g/mol. The van der Waals surface area contributed by atoms with E-state index < -0.39 is 0 Å². The Morgan fingerprint density at radius 1 is 1.40 bits per heavy atom. The van der Waals surface area contributed by atoms with Crippen LogP contribution in [0.4, 0.5) is 0 Å². The Labute approximate surface area is 71.8 Å². The van der Waals surface area contributed by atoms with Crippen molar-refractivity contribution in [1.29, 1.82) is 0 Å². The summed E-state index contributed by atoms with van der Waals surface area (Å²) in [6.07, 6.45) is 0.996. The predicted octanol–water partition coefficient (Wildman–Crippen LogP) is 1.77. The molecule has 0 rings (SSSR count). The molecule has 0 aromatic carbocycles. The molecule has 0 fully saturated rings. The SMILES string of the molecule is CN(C)CCCN=C(Cl)Cl. The van der Waals surface area contributed by atoms with Crippen LogP contribution in [0.1, 0.15) is 6.42 Å². The Kier molecular flexibility index (Phi) is 6.08. The molecule has 0 heterocycles. The van der Waals surface area contributed by atoms with Crippen LogP contribution >= 0.6 is 23.2 Å². The molecular weight excluding hydrogens is 171 g/mol. The second-order valence-corrected chi connectivity index (χ2v) is 3.19. The molecule has 0 bridgehead atoms. The second kappa shape index (κ2) is 5.96. The highest BCUT2D eigenvalue weighted by Crippen LogP contribution is 1.93. The predicted molar refractivity (Wildman–Crippen MR) is 47.2 cm³/mol. The molecule has 10 heavy (non-hydrogen) atoms. The maximum absolute atomic E-state index is 5.29. The summed E-state index contributed by atoms with van der Waals surface area (Å²) in [6, 6.07) is 0. The van der Waals surface area contributed by atoms with Crippen LogP contribution in [-0.4, -0.2) is 36.7 Å². The first-order valence-corrected chi connectivity index (χ1v) is 3.88. The number of aliphatic imine (C=N–C) groups is 1. The molecule has 0 saturated heterocycles. The molecule has 0 atom stereocenters. The third-order valence-corrected chi connectivity index (χ3v) is 1.23. The molecule has 0 unspecified atom stereocenters. The van der Waals surface area contributed by atoms with Gasteiger partial charge in [-0.05, 0) is 50.3 Å². The molecule has 2 nitrogen and oxygen atoms in total. The average molecular weight is 183 g/mol. The summed E-state index contributed by atoms with van der Waals surface area (Å²) in [4.78, 5) is 5.91. The maximum atomic E-state index is 5.29. The van der Waals surface area contributed by atoms with E-state index in [1.807, 2.05) is 14.1 Å². The molecule has 0 aliphatic heterocycles. The highest BCUT2D eigenvalue weighted by Gasteiger charge is 1.89. The van der Waals surface area contributed by atoms with Crippen LogP contribution in [0.25, 0.3) is 0 Å². The van der Waals surface area contributed by atoms with E-state index in [2.05, 4.69) is 9.89 Å². The van der Waals surface area contributed by atoms with Gasteiger partial charge in [-0.2, -0.15) is 0 Å². The number of hydrogen-bond acceptors (Lipinski definition) is 2. The third-order valence-electron chi connectivity index (χ3n) is 0.995. The van der Waals surface area contributed by atoms with E-state index in [-0.39, 0.29) is 4.63 Å². The van der Waals surface area contributed by atoms with Gasteiger partial charge in [-0.25, -0.2) is 0 Å². The van der Waals surface area contributed by atoms with Crippen LogP contribution in [0.15, 0.2) is 4.99 Å². The lowest BCUT2D eigenvalue weighted by Gasteiger charge is -2.06. The fourth-order valence-corrected chi connectivity index (χ4v) is 0.720. The minimum atomic E-state index is 0.124. The van der Waals surface area contributed by atoms with Crippen LogP contribution in [0.5, 0.6) is 0 Å². The Morgan fingerprint density at radius 2 is 2.00 bits per heavy atom. The summed E-state index contributed by atoms with van der Waals surface area (Å²) in [5.41, 5.74) is 0. The summed E-state index contributed by atoms with van der Waals surface area (Å²) in [5.74, 6) is 0. The Morgan fingerprint density at radius 3 is 2.40 bits per heavy atom. The number of nitrogens with zero attached hydrogens (tertiary/aromatic N) is 2. The molecule has 0 radical (unpaired) electrons. The van der Waals surface area contributed by atoms with Crippen molar-refractivity contribution in [2.45, 2.75) is 6.42 Å². The smallest absolute Gasteiger partial charge is 0.191 e. The molecule has 0 aromatic rings. The fraction of sp³-hybridized carbons (Fsp3) is 0.833. The molecule has 0 saturated carbocycles. The molecule has 0 aliphatic rings. The van der Waals surface area contributed by atoms with Gasteiger partial charge in [-0.3, -0.25) is 4.99 Å². The minimum absolute atomic E-state index is 0.124. The van der Waals surface area contributed by atoms with E-state index >= 15 is 0 Å². The molecule has 0 amide bonds. The molecule has 0 aliphatic carbocycles. The highest BCUT2D eigenvalue weighted by atomic mass is 35.5. The van der Waals surface area contributed by atoms with E-state index in [4.69, 9.17) is 23.2 Å². The number of hydrogen-bond donors (Lipinski definition) is 0. The van der Waals surface area contributed by atoms with Crippen molar-refractivity contribution in [3.05, 3.63) is 0 Å². The van der Waals surface area contributed by atoms with Crippen molar-refractivity contribution in [1.82, 2.24) is 4.90 Å². The number of halogens is 2. The zero-order chi connectivity index (χ0) is 7.98. The molecule has 0 spiro atoms. The highest BCUT2D eigenvalue weighted by molar-refractivity contribution is 6.95. The second-order valence-electron chi connectivity index (χ2n) is 2.28. The lowest BCUT2D eigenvalue weighted by atomic mass is 10.4. The zero-order valence-corrected chi connectivity index (χ0v) is 7.78. The largest absolute Gasteiger partial charge is 0.309 e. The summed E-state index contributed by atoms with van der Waals surface area (Å²) < 4.78 is 0.124. The molecule has 0 N–H and O–H groups in total. The van der Waals surface area contributed by atoms with Crippen LogP contribution in [-0.2, 0) is 0 Å². The molecule has 4 heteroatoms. The van der Waals surface area contributed by atoms with Gasteiger partial charge in [0.05, 0.1) is 0 Å². The summed E-state index contributed by atoms with van der Waals surface area (Å²) in [6.45, 7) is 1.73. The summed E-state index contributed by atoms with van der Waals surface area (Å²) in [5, 5.41) is 0.